The molecule has 6 nitrogen and oxygen atoms in total. The number of aromatic nitrogens is 3. The molecule has 0 aliphatic carbocycles. The number of fused-ring (bicyclic) bond motifs is 1. The summed E-state index contributed by atoms with van der Waals surface area (Å²) in [5.74, 6) is 0.752. The summed E-state index contributed by atoms with van der Waals surface area (Å²) in [6.07, 6.45) is 4.04. The van der Waals surface area contributed by atoms with Crippen molar-refractivity contribution in [2.45, 2.75) is 18.9 Å². The first-order valence-corrected chi connectivity index (χ1v) is 8.67. The van der Waals surface area contributed by atoms with E-state index in [2.05, 4.69) is 15.0 Å². The molecular weight excluding hydrogens is 350 g/mol. The standard InChI is InChI=1S/C19H18ClN5O/c1-19(26,16-4-2-3-8-22-16)13-6-5-12-7-9-25(15(12)10-13)17-14(20)11-23-18(21)24-17/h2-6,8,10-11,26H,7,9H2,1H3,(H2,21,23,24). The second kappa shape index (κ2) is 6.23. The molecule has 0 radical (unpaired) electrons. The summed E-state index contributed by atoms with van der Waals surface area (Å²) in [5.41, 5.74) is 7.99. The summed E-state index contributed by atoms with van der Waals surface area (Å²) in [4.78, 5) is 14.5. The quantitative estimate of drug-likeness (QED) is 0.739. The zero-order valence-electron chi connectivity index (χ0n) is 14.2. The Balaban J connectivity index is 1.78. The van der Waals surface area contributed by atoms with Crippen LogP contribution in [-0.4, -0.2) is 26.6 Å². The Morgan fingerprint density at radius 2 is 2.08 bits per heavy atom. The summed E-state index contributed by atoms with van der Waals surface area (Å²) in [7, 11) is 0. The fourth-order valence-corrected chi connectivity index (χ4v) is 3.45. The van der Waals surface area contributed by atoms with Gasteiger partial charge in [0.2, 0.25) is 5.95 Å². The van der Waals surface area contributed by atoms with Gasteiger partial charge in [0.25, 0.3) is 0 Å². The highest BCUT2D eigenvalue weighted by Crippen LogP contribution is 2.40. The molecule has 1 aliphatic rings. The first kappa shape index (κ1) is 16.8. The number of rotatable bonds is 3. The number of halogens is 1. The number of hydrogen-bond donors (Lipinski definition) is 2. The lowest BCUT2D eigenvalue weighted by Gasteiger charge is -2.26. The number of anilines is 3. The number of nitrogens with zero attached hydrogens (tertiary/aromatic N) is 4. The molecule has 132 valence electrons. The van der Waals surface area contributed by atoms with Crippen LogP contribution in [0.3, 0.4) is 0 Å². The van der Waals surface area contributed by atoms with Gasteiger partial charge in [-0.05, 0) is 42.7 Å². The third-order valence-electron chi connectivity index (χ3n) is 4.71. The zero-order valence-corrected chi connectivity index (χ0v) is 15.0. The van der Waals surface area contributed by atoms with E-state index in [0.717, 1.165) is 24.2 Å². The lowest BCUT2D eigenvalue weighted by molar-refractivity contribution is 0.0974. The molecule has 0 spiro atoms. The van der Waals surface area contributed by atoms with Gasteiger partial charge in [0.05, 0.1) is 11.9 Å². The molecule has 1 aliphatic heterocycles. The summed E-state index contributed by atoms with van der Waals surface area (Å²) in [6, 6.07) is 11.4. The molecule has 3 heterocycles. The van der Waals surface area contributed by atoms with Gasteiger partial charge in [0, 0.05) is 18.4 Å². The van der Waals surface area contributed by atoms with Crippen molar-refractivity contribution in [2.75, 3.05) is 17.2 Å². The average molecular weight is 368 g/mol. The highest BCUT2D eigenvalue weighted by atomic mass is 35.5. The Hall–Kier alpha value is -2.70. The lowest BCUT2D eigenvalue weighted by Crippen LogP contribution is -2.24. The first-order chi connectivity index (χ1) is 12.5. The maximum atomic E-state index is 11.1. The lowest BCUT2D eigenvalue weighted by atomic mass is 9.90. The van der Waals surface area contributed by atoms with Gasteiger partial charge >= 0.3 is 0 Å². The average Bonchev–Trinajstić information content (AvgIpc) is 3.07. The minimum absolute atomic E-state index is 0.175. The highest BCUT2D eigenvalue weighted by Gasteiger charge is 2.31. The molecule has 26 heavy (non-hydrogen) atoms. The SMILES string of the molecule is CC(O)(c1ccc2c(c1)N(c1nc(N)ncc1Cl)CC2)c1ccccn1. The van der Waals surface area contributed by atoms with Gasteiger partial charge in [-0.3, -0.25) is 4.98 Å². The van der Waals surface area contributed by atoms with Crippen LogP contribution in [-0.2, 0) is 12.0 Å². The molecular formula is C19H18ClN5O. The van der Waals surface area contributed by atoms with Gasteiger partial charge in [0.1, 0.15) is 10.6 Å². The van der Waals surface area contributed by atoms with Gasteiger partial charge in [-0.25, -0.2) is 4.98 Å². The normalized spacial score (nSPS) is 15.6. The van der Waals surface area contributed by atoms with Crippen molar-refractivity contribution in [3.8, 4) is 0 Å². The van der Waals surface area contributed by atoms with E-state index in [0.29, 0.717) is 16.5 Å². The topological polar surface area (TPSA) is 88.2 Å². The number of hydrogen-bond acceptors (Lipinski definition) is 6. The highest BCUT2D eigenvalue weighted by molar-refractivity contribution is 6.33. The monoisotopic (exact) mass is 367 g/mol. The van der Waals surface area contributed by atoms with Crippen molar-refractivity contribution >= 4 is 29.1 Å². The number of pyridine rings is 1. The van der Waals surface area contributed by atoms with Crippen LogP contribution in [0.5, 0.6) is 0 Å². The van der Waals surface area contributed by atoms with Gasteiger partial charge in [-0.15, -0.1) is 0 Å². The van der Waals surface area contributed by atoms with Crippen molar-refractivity contribution in [3.63, 3.8) is 0 Å². The maximum Gasteiger partial charge on any atom is 0.222 e. The maximum absolute atomic E-state index is 11.1. The molecule has 2 aromatic heterocycles. The van der Waals surface area contributed by atoms with Crippen LogP contribution in [0.15, 0.2) is 48.8 Å². The second-order valence-corrected chi connectivity index (χ2v) is 6.84. The zero-order chi connectivity index (χ0) is 18.3. The van der Waals surface area contributed by atoms with Crippen molar-refractivity contribution in [3.05, 3.63) is 70.6 Å². The van der Waals surface area contributed by atoms with Crippen LogP contribution in [0.2, 0.25) is 5.02 Å². The van der Waals surface area contributed by atoms with Crippen molar-refractivity contribution in [1.82, 2.24) is 15.0 Å². The van der Waals surface area contributed by atoms with Crippen molar-refractivity contribution < 1.29 is 5.11 Å². The van der Waals surface area contributed by atoms with Gasteiger partial charge in [0.15, 0.2) is 5.82 Å². The van der Waals surface area contributed by atoms with E-state index in [9.17, 15) is 5.11 Å². The third-order valence-corrected chi connectivity index (χ3v) is 4.97. The van der Waals surface area contributed by atoms with Crippen LogP contribution >= 0.6 is 11.6 Å². The number of aliphatic hydroxyl groups is 1. The van der Waals surface area contributed by atoms with Crippen LogP contribution in [0, 0.1) is 0 Å². The van der Waals surface area contributed by atoms with E-state index in [1.54, 1.807) is 13.1 Å². The smallest absolute Gasteiger partial charge is 0.222 e. The van der Waals surface area contributed by atoms with Crippen molar-refractivity contribution in [1.29, 1.82) is 0 Å². The number of benzene rings is 1. The predicted octanol–water partition coefficient (Wildman–Crippen LogP) is 3.06. The molecule has 0 saturated heterocycles. The minimum Gasteiger partial charge on any atom is -0.379 e. The minimum atomic E-state index is -1.21. The first-order valence-electron chi connectivity index (χ1n) is 8.29. The van der Waals surface area contributed by atoms with E-state index >= 15 is 0 Å². The Bertz CT molecular complexity index is 961. The summed E-state index contributed by atoms with van der Waals surface area (Å²) in [6.45, 7) is 2.48. The van der Waals surface area contributed by atoms with Gasteiger partial charge in [-0.1, -0.05) is 29.8 Å². The number of nitrogen functional groups attached to an aromatic ring is 1. The molecule has 1 aromatic carbocycles. The van der Waals surface area contributed by atoms with Crippen LogP contribution in [0.4, 0.5) is 17.5 Å². The van der Waals surface area contributed by atoms with Crippen LogP contribution < -0.4 is 10.6 Å². The number of nitrogens with two attached hydrogens (primary N) is 1. The third kappa shape index (κ3) is 2.77. The van der Waals surface area contributed by atoms with Crippen molar-refractivity contribution in [2.24, 2.45) is 0 Å². The molecule has 3 aromatic rings. The Kier molecular flexibility index (Phi) is 4.01. The van der Waals surface area contributed by atoms with Gasteiger partial charge in [-0.2, -0.15) is 4.98 Å². The molecule has 0 bridgehead atoms. The summed E-state index contributed by atoms with van der Waals surface area (Å²) < 4.78 is 0. The van der Waals surface area contributed by atoms with E-state index in [-0.39, 0.29) is 5.95 Å². The fraction of sp³-hybridized carbons (Fsp3) is 0.211. The molecule has 0 amide bonds. The molecule has 1 atom stereocenters. The Labute approximate surface area is 156 Å². The molecule has 1 unspecified atom stereocenters. The second-order valence-electron chi connectivity index (χ2n) is 6.43. The molecule has 3 N–H and O–H groups in total. The Morgan fingerprint density at radius 3 is 2.85 bits per heavy atom. The molecule has 7 heteroatoms. The van der Waals surface area contributed by atoms with Crippen LogP contribution in [0.25, 0.3) is 0 Å². The summed E-state index contributed by atoms with van der Waals surface area (Å²) in [5, 5.41) is 11.5. The van der Waals surface area contributed by atoms with Crippen LogP contribution in [0.1, 0.15) is 23.7 Å². The summed E-state index contributed by atoms with van der Waals surface area (Å²) >= 11 is 6.29. The largest absolute Gasteiger partial charge is 0.379 e. The fourth-order valence-electron chi connectivity index (χ4n) is 3.26. The van der Waals surface area contributed by atoms with E-state index < -0.39 is 5.60 Å². The van der Waals surface area contributed by atoms with E-state index in [1.165, 1.54) is 11.8 Å². The predicted molar refractivity (Wildman–Crippen MR) is 102 cm³/mol. The van der Waals surface area contributed by atoms with E-state index in [4.69, 9.17) is 17.3 Å². The molecule has 0 saturated carbocycles. The van der Waals surface area contributed by atoms with E-state index in [1.807, 2.05) is 41.3 Å². The molecule has 4 rings (SSSR count). The molecule has 0 fully saturated rings. The van der Waals surface area contributed by atoms with Gasteiger partial charge < -0.3 is 15.7 Å². The Morgan fingerprint density at radius 1 is 1.23 bits per heavy atom.